The zero-order valence-corrected chi connectivity index (χ0v) is 21.2. The van der Waals surface area contributed by atoms with Crippen molar-refractivity contribution < 1.29 is 8.42 Å². The van der Waals surface area contributed by atoms with Gasteiger partial charge in [-0.05, 0) is 53.0 Å². The van der Waals surface area contributed by atoms with Crippen molar-refractivity contribution >= 4 is 60.6 Å². The lowest BCUT2D eigenvalue weighted by molar-refractivity contribution is 0.577. The molecule has 33 heavy (non-hydrogen) atoms. The minimum atomic E-state index is -3.58. The normalized spacial score (nSPS) is 11.7. The highest BCUT2D eigenvalue weighted by molar-refractivity contribution is 9.10. The topological polar surface area (TPSA) is 88.4 Å². The van der Waals surface area contributed by atoms with E-state index in [9.17, 15) is 8.42 Å². The van der Waals surface area contributed by atoms with E-state index in [1.165, 1.54) is 12.1 Å². The van der Waals surface area contributed by atoms with Gasteiger partial charge >= 0.3 is 0 Å². The minimum Gasteiger partial charge on any atom is -0.370 e. The van der Waals surface area contributed by atoms with Gasteiger partial charge in [0.15, 0.2) is 5.65 Å². The van der Waals surface area contributed by atoms with E-state index < -0.39 is 10.0 Å². The molecule has 0 radical (unpaired) electrons. The maximum atomic E-state index is 12.4. The summed E-state index contributed by atoms with van der Waals surface area (Å²) < 4.78 is 29.8. The third-order valence-corrected chi connectivity index (χ3v) is 7.47. The second-order valence-corrected chi connectivity index (χ2v) is 10.7. The molecule has 0 aliphatic rings. The van der Waals surface area contributed by atoms with Gasteiger partial charge in [-0.15, -0.1) is 0 Å². The number of halogens is 3. The van der Waals surface area contributed by atoms with E-state index >= 15 is 0 Å². The lowest BCUT2D eigenvalue weighted by Gasteiger charge is -2.12. The third kappa shape index (κ3) is 5.67. The van der Waals surface area contributed by atoms with Crippen LogP contribution in [0.4, 0.5) is 5.82 Å². The molecular formula is C22H20BrCl2N5O2S. The van der Waals surface area contributed by atoms with Gasteiger partial charge in [0.25, 0.3) is 0 Å². The van der Waals surface area contributed by atoms with Crippen LogP contribution in [0.1, 0.15) is 12.8 Å². The van der Waals surface area contributed by atoms with Crippen LogP contribution in [0.25, 0.3) is 16.9 Å². The first kappa shape index (κ1) is 24.0. The first-order chi connectivity index (χ1) is 15.8. The molecule has 4 rings (SSSR count). The van der Waals surface area contributed by atoms with E-state index in [1.54, 1.807) is 22.8 Å². The molecule has 0 unspecified atom stereocenters. The van der Waals surface area contributed by atoms with Crippen LogP contribution in [0.15, 0.2) is 70.2 Å². The SMILES string of the molecule is O=S(=O)(NCCCCNc1cc(-c2ccccc2Cl)nc2c(Br)cnn12)c1cccc(Cl)c1. The van der Waals surface area contributed by atoms with Gasteiger partial charge in [0, 0.05) is 34.8 Å². The van der Waals surface area contributed by atoms with E-state index in [0.717, 1.165) is 28.0 Å². The van der Waals surface area contributed by atoms with Gasteiger partial charge in [-0.2, -0.15) is 9.61 Å². The van der Waals surface area contributed by atoms with Gasteiger partial charge in [0.05, 0.1) is 21.3 Å². The maximum absolute atomic E-state index is 12.4. The van der Waals surface area contributed by atoms with Crippen molar-refractivity contribution in [2.75, 3.05) is 18.4 Å². The highest BCUT2D eigenvalue weighted by atomic mass is 79.9. The van der Waals surface area contributed by atoms with E-state index in [2.05, 4.69) is 36.1 Å². The Bertz CT molecular complexity index is 1390. The lowest BCUT2D eigenvalue weighted by Crippen LogP contribution is -2.25. The zero-order valence-electron chi connectivity index (χ0n) is 17.3. The Labute approximate surface area is 210 Å². The Morgan fingerprint density at radius 2 is 1.79 bits per heavy atom. The summed E-state index contributed by atoms with van der Waals surface area (Å²) in [6.07, 6.45) is 3.08. The fraction of sp³-hybridized carbons (Fsp3) is 0.182. The first-order valence-electron chi connectivity index (χ1n) is 10.1. The van der Waals surface area contributed by atoms with Gasteiger partial charge < -0.3 is 5.32 Å². The molecule has 0 saturated carbocycles. The number of benzene rings is 2. The second-order valence-electron chi connectivity index (χ2n) is 7.22. The second kappa shape index (κ2) is 10.4. The van der Waals surface area contributed by atoms with Crippen LogP contribution in [0.5, 0.6) is 0 Å². The number of hydrogen-bond donors (Lipinski definition) is 2. The van der Waals surface area contributed by atoms with Crippen molar-refractivity contribution in [3.05, 3.63) is 75.3 Å². The largest absolute Gasteiger partial charge is 0.370 e. The van der Waals surface area contributed by atoms with Crippen molar-refractivity contribution in [1.82, 2.24) is 19.3 Å². The summed E-state index contributed by atoms with van der Waals surface area (Å²) in [7, 11) is -3.58. The molecule has 0 spiro atoms. The Morgan fingerprint density at radius 3 is 2.58 bits per heavy atom. The molecule has 11 heteroatoms. The molecule has 0 saturated heterocycles. The van der Waals surface area contributed by atoms with E-state index in [-0.39, 0.29) is 4.90 Å². The first-order valence-corrected chi connectivity index (χ1v) is 13.2. The Morgan fingerprint density at radius 1 is 1.00 bits per heavy atom. The van der Waals surface area contributed by atoms with Gasteiger partial charge in [0.2, 0.25) is 10.0 Å². The summed E-state index contributed by atoms with van der Waals surface area (Å²) in [5.74, 6) is 0.764. The number of nitrogens with zero attached hydrogens (tertiary/aromatic N) is 3. The van der Waals surface area contributed by atoms with Gasteiger partial charge in [-0.1, -0.05) is 47.5 Å². The number of nitrogens with one attached hydrogen (secondary N) is 2. The van der Waals surface area contributed by atoms with Crippen molar-refractivity contribution in [2.24, 2.45) is 0 Å². The van der Waals surface area contributed by atoms with Crippen LogP contribution in [-0.2, 0) is 10.0 Å². The summed E-state index contributed by atoms with van der Waals surface area (Å²) in [4.78, 5) is 4.85. The van der Waals surface area contributed by atoms with Crippen LogP contribution in [0.2, 0.25) is 10.0 Å². The van der Waals surface area contributed by atoms with Gasteiger partial charge in [0.1, 0.15) is 5.82 Å². The Hall–Kier alpha value is -2.17. The van der Waals surface area contributed by atoms with Crippen LogP contribution < -0.4 is 10.0 Å². The average Bonchev–Trinajstić information content (AvgIpc) is 3.17. The summed E-state index contributed by atoms with van der Waals surface area (Å²) in [5, 5.41) is 8.74. The molecule has 0 amide bonds. The van der Waals surface area contributed by atoms with Crippen molar-refractivity contribution in [3.8, 4) is 11.3 Å². The molecule has 0 aliphatic heterocycles. The maximum Gasteiger partial charge on any atom is 0.240 e. The number of sulfonamides is 1. The molecule has 0 atom stereocenters. The van der Waals surface area contributed by atoms with Crippen LogP contribution in [0, 0.1) is 0 Å². The highest BCUT2D eigenvalue weighted by Crippen LogP contribution is 2.30. The van der Waals surface area contributed by atoms with E-state index in [0.29, 0.717) is 35.2 Å². The Balaban J connectivity index is 1.39. The van der Waals surface area contributed by atoms with E-state index in [1.807, 2.05) is 30.3 Å². The number of hydrogen-bond acceptors (Lipinski definition) is 5. The average molecular weight is 569 g/mol. The molecule has 2 aromatic carbocycles. The molecule has 0 bridgehead atoms. The van der Waals surface area contributed by atoms with E-state index in [4.69, 9.17) is 23.2 Å². The van der Waals surface area contributed by atoms with Crippen molar-refractivity contribution in [1.29, 1.82) is 0 Å². The zero-order chi connectivity index (χ0) is 23.4. The predicted octanol–water partition coefficient (Wildman–Crippen LogP) is 5.64. The molecule has 0 fully saturated rings. The molecule has 2 heterocycles. The molecule has 172 valence electrons. The smallest absolute Gasteiger partial charge is 0.240 e. The van der Waals surface area contributed by atoms with Crippen molar-refractivity contribution in [3.63, 3.8) is 0 Å². The Kier molecular flexibility index (Phi) is 7.55. The summed E-state index contributed by atoms with van der Waals surface area (Å²) in [6, 6.07) is 15.6. The monoisotopic (exact) mass is 567 g/mol. The molecule has 7 nitrogen and oxygen atoms in total. The molecule has 4 aromatic rings. The van der Waals surface area contributed by atoms with Crippen LogP contribution >= 0.6 is 39.1 Å². The fourth-order valence-corrected chi connectivity index (χ4v) is 5.21. The van der Waals surface area contributed by atoms with Gasteiger partial charge in [-0.25, -0.2) is 18.1 Å². The molecule has 2 aromatic heterocycles. The minimum absolute atomic E-state index is 0.156. The number of unbranched alkanes of at least 4 members (excludes halogenated alkanes) is 1. The van der Waals surface area contributed by atoms with Crippen molar-refractivity contribution in [2.45, 2.75) is 17.7 Å². The third-order valence-electron chi connectivity index (χ3n) is 4.89. The van der Waals surface area contributed by atoms with Crippen LogP contribution in [0.3, 0.4) is 0 Å². The fourth-order valence-electron chi connectivity index (χ4n) is 3.26. The summed E-state index contributed by atoms with van der Waals surface area (Å²) in [5.41, 5.74) is 2.23. The predicted molar refractivity (Wildman–Crippen MR) is 135 cm³/mol. The number of fused-ring (bicyclic) bond motifs is 1. The molecule has 2 N–H and O–H groups in total. The number of anilines is 1. The van der Waals surface area contributed by atoms with Crippen LogP contribution in [-0.4, -0.2) is 36.1 Å². The quantitative estimate of drug-likeness (QED) is 0.255. The standard InChI is InChI=1S/C22H20BrCl2N5O2S/c23-18-14-27-30-21(13-20(29-22(18)30)17-8-1-2-9-19(17)25)26-10-3-4-11-28-33(31,32)16-7-5-6-15(24)12-16/h1-2,5-9,12-14,26,28H,3-4,10-11H2. The molecule has 0 aliphatic carbocycles. The summed E-state index contributed by atoms with van der Waals surface area (Å²) >= 11 is 15.8. The highest BCUT2D eigenvalue weighted by Gasteiger charge is 2.14. The number of rotatable bonds is 9. The number of aromatic nitrogens is 3. The van der Waals surface area contributed by atoms with Gasteiger partial charge in [-0.3, -0.25) is 0 Å². The lowest BCUT2D eigenvalue weighted by atomic mass is 10.1. The summed E-state index contributed by atoms with van der Waals surface area (Å²) in [6.45, 7) is 0.942. The molecular weight excluding hydrogens is 549 g/mol.